The summed E-state index contributed by atoms with van der Waals surface area (Å²) in [5, 5.41) is 3.19. The van der Waals surface area contributed by atoms with E-state index in [-0.39, 0.29) is 5.91 Å². The molecule has 3 rings (SSSR count). The summed E-state index contributed by atoms with van der Waals surface area (Å²) in [6.45, 7) is 4.07. The molecule has 1 saturated heterocycles. The number of carbonyl (C=O) groups excluding carboxylic acids is 1. The molecule has 2 heterocycles. The topological polar surface area (TPSA) is 76.6 Å². The smallest absolute Gasteiger partial charge is 0.272 e. The SMILES string of the molecule is COc1ccc(Nc2cc(C(=O)N3CCOCC3)nc(C)n2)cc1. The Bertz CT molecular complexity index is 712. The average molecular weight is 328 g/mol. The quantitative estimate of drug-likeness (QED) is 0.925. The summed E-state index contributed by atoms with van der Waals surface area (Å²) in [7, 11) is 1.62. The molecule has 0 bridgehead atoms. The van der Waals surface area contributed by atoms with E-state index in [1.165, 1.54) is 0 Å². The predicted octanol–water partition coefficient (Wildman–Crippen LogP) is 2.01. The highest BCUT2D eigenvalue weighted by atomic mass is 16.5. The number of aryl methyl sites for hydroxylation is 1. The minimum atomic E-state index is -0.0958. The van der Waals surface area contributed by atoms with Crippen molar-refractivity contribution in [2.45, 2.75) is 6.92 Å². The molecule has 1 amide bonds. The van der Waals surface area contributed by atoms with Crippen LogP contribution in [0.2, 0.25) is 0 Å². The fourth-order valence-corrected chi connectivity index (χ4v) is 2.49. The molecule has 1 fully saturated rings. The van der Waals surface area contributed by atoms with Gasteiger partial charge in [0, 0.05) is 24.8 Å². The van der Waals surface area contributed by atoms with Gasteiger partial charge < -0.3 is 19.7 Å². The summed E-state index contributed by atoms with van der Waals surface area (Å²) in [6, 6.07) is 9.17. The minimum Gasteiger partial charge on any atom is -0.497 e. The van der Waals surface area contributed by atoms with E-state index in [2.05, 4.69) is 15.3 Å². The molecule has 126 valence electrons. The van der Waals surface area contributed by atoms with Gasteiger partial charge in [0.25, 0.3) is 5.91 Å². The first kappa shape index (κ1) is 16.2. The van der Waals surface area contributed by atoms with E-state index in [9.17, 15) is 4.79 Å². The first-order valence-corrected chi connectivity index (χ1v) is 7.79. The maximum absolute atomic E-state index is 12.6. The van der Waals surface area contributed by atoms with Crippen LogP contribution in [0.1, 0.15) is 16.3 Å². The van der Waals surface area contributed by atoms with Crippen LogP contribution in [0.15, 0.2) is 30.3 Å². The first-order valence-electron chi connectivity index (χ1n) is 7.79. The lowest BCUT2D eigenvalue weighted by Gasteiger charge is -2.26. The van der Waals surface area contributed by atoms with Gasteiger partial charge in [-0.1, -0.05) is 0 Å². The first-order chi connectivity index (χ1) is 11.7. The van der Waals surface area contributed by atoms with Gasteiger partial charge in [0.1, 0.15) is 23.1 Å². The molecular weight excluding hydrogens is 308 g/mol. The molecule has 0 aliphatic carbocycles. The Balaban J connectivity index is 1.78. The number of nitrogens with one attached hydrogen (secondary N) is 1. The Labute approximate surface area is 140 Å². The van der Waals surface area contributed by atoms with Crippen LogP contribution in [-0.4, -0.2) is 54.2 Å². The lowest BCUT2D eigenvalue weighted by molar-refractivity contribution is 0.0299. The summed E-state index contributed by atoms with van der Waals surface area (Å²) in [4.78, 5) is 23.0. The number of hydrogen-bond donors (Lipinski definition) is 1. The summed E-state index contributed by atoms with van der Waals surface area (Å²) in [5.74, 6) is 1.82. The van der Waals surface area contributed by atoms with E-state index in [0.717, 1.165) is 11.4 Å². The van der Waals surface area contributed by atoms with E-state index >= 15 is 0 Å². The monoisotopic (exact) mass is 328 g/mol. The number of amides is 1. The number of morpholine rings is 1. The van der Waals surface area contributed by atoms with Gasteiger partial charge in [0.05, 0.1) is 20.3 Å². The Morgan fingerprint density at radius 1 is 1.21 bits per heavy atom. The fraction of sp³-hybridized carbons (Fsp3) is 0.353. The molecular formula is C17H20N4O3. The van der Waals surface area contributed by atoms with Gasteiger partial charge in [-0.2, -0.15) is 0 Å². The van der Waals surface area contributed by atoms with Crippen molar-refractivity contribution in [3.05, 3.63) is 41.9 Å². The second-order valence-electron chi connectivity index (χ2n) is 5.44. The van der Waals surface area contributed by atoms with Crippen LogP contribution in [-0.2, 0) is 4.74 Å². The number of nitrogens with zero attached hydrogens (tertiary/aromatic N) is 3. The van der Waals surface area contributed by atoms with E-state index < -0.39 is 0 Å². The van der Waals surface area contributed by atoms with Gasteiger partial charge in [-0.15, -0.1) is 0 Å². The summed E-state index contributed by atoms with van der Waals surface area (Å²) >= 11 is 0. The van der Waals surface area contributed by atoms with Crippen LogP contribution in [0.25, 0.3) is 0 Å². The van der Waals surface area contributed by atoms with Gasteiger partial charge in [0.2, 0.25) is 0 Å². The molecule has 0 radical (unpaired) electrons. The van der Waals surface area contributed by atoms with E-state index in [1.807, 2.05) is 24.3 Å². The Kier molecular flexibility index (Phi) is 4.90. The highest BCUT2D eigenvalue weighted by Gasteiger charge is 2.20. The number of aromatic nitrogens is 2. The van der Waals surface area contributed by atoms with Gasteiger partial charge in [-0.05, 0) is 31.2 Å². The number of ether oxygens (including phenoxy) is 2. The maximum Gasteiger partial charge on any atom is 0.272 e. The molecule has 2 aromatic rings. The van der Waals surface area contributed by atoms with Crippen LogP contribution in [0.4, 0.5) is 11.5 Å². The number of rotatable bonds is 4. The van der Waals surface area contributed by atoms with Gasteiger partial charge in [0.15, 0.2) is 0 Å². The van der Waals surface area contributed by atoms with Crippen LogP contribution in [0, 0.1) is 6.92 Å². The third kappa shape index (κ3) is 3.80. The average Bonchev–Trinajstić information content (AvgIpc) is 2.62. The molecule has 1 aromatic carbocycles. The number of methoxy groups -OCH3 is 1. The summed E-state index contributed by atoms with van der Waals surface area (Å²) < 4.78 is 10.4. The molecule has 0 spiro atoms. The highest BCUT2D eigenvalue weighted by Crippen LogP contribution is 2.19. The largest absolute Gasteiger partial charge is 0.497 e. The van der Waals surface area contributed by atoms with Crippen LogP contribution >= 0.6 is 0 Å². The van der Waals surface area contributed by atoms with Crippen LogP contribution < -0.4 is 10.1 Å². The molecule has 7 heteroatoms. The van der Waals surface area contributed by atoms with Crippen molar-refractivity contribution in [3.8, 4) is 5.75 Å². The molecule has 0 unspecified atom stereocenters. The van der Waals surface area contributed by atoms with Crippen molar-refractivity contribution < 1.29 is 14.3 Å². The molecule has 1 aliphatic heterocycles. The second kappa shape index (κ2) is 7.27. The minimum absolute atomic E-state index is 0.0958. The van der Waals surface area contributed by atoms with Crippen molar-refractivity contribution in [3.63, 3.8) is 0 Å². The van der Waals surface area contributed by atoms with Crippen molar-refractivity contribution >= 4 is 17.4 Å². The van der Waals surface area contributed by atoms with Crippen LogP contribution in [0.5, 0.6) is 5.75 Å². The number of hydrogen-bond acceptors (Lipinski definition) is 6. The van der Waals surface area contributed by atoms with Crippen molar-refractivity contribution in [1.29, 1.82) is 0 Å². The third-order valence-electron chi connectivity index (χ3n) is 3.72. The van der Waals surface area contributed by atoms with Gasteiger partial charge in [-0.3, -0.25) is 4.79 Å². The summed E-state index contributed by atoms with van der Waals surface area (Å²) in [6.07, 6.45) is 0. The van der Waals surface area contributed by atoms with E-state index in [4.69, 9.17) is 9.47 Å². The maximum atomic E-state index is 12.6. The zero-order valence-corrected chi connectivity index (χ0v) is 13.8. The molecule has 7 nitrogen and oxygen atoms in total. The lowest BCUT2D eigenvalue weighted by Crippen LogP contribution is -2.41. The molecule has 0 saturated carbocycles. The lowest BCUT2D eigenvalue weighted by atomic mass is 10.2. The Morgan fingerprint density at radius 2 is 1.92 bits per heavy atom. The Morgan fingerprint density at radius 3 is 2.58 bits per heavy atom. The number of anilines is 2. The molecule has 24 heavy (non-hydrogen) atoms. The molecule has 1 N–H and O–H groups in total. The van der Waals surface area contributed by atoms with Gasteiger partial charge in [-0.25, -0.2) is 9.97 Å². The Hall–Kier alpha value is -2.67. The van der Waals surface area contributed by atoms with Crippen LogP contribution in [0.3, 0.4) is 0 Å². The predicted molar refractivity (Wildman–Crippen MR) is 89.8 cm³/mol. The zero-order valence-electron chi connectivity index (χ0n) is 13.8. The highest BCUT2D eigenvalue weighted by molar-refractivity contribution is 5.93. The third-order valence-corrected chi connectivity index (χ3v) is 3.72. The zero-order chi connectivity index (χ0) is 16.9. The summed E-state index contributed by atoms with van der Waals surface area (Å²) in [5.41, 5.74) is 1.25. The van der Waals surface area contributed by atoms with Crippen molar-refractivity contribution in [2.75, 3.05) is 38.7 Å². The fourth-order valence-electron chi connectivity index (χ4n) is 2.49. The molecule has 0 atom stereocenters. The van der Waals surface area contributed by atoms with Crippen molar-refractivity contribution in [1.82, 2.24) is 14.9 Å². The number of carbonyl (C=O) groups is 1. The molecule has 1 aromatic heterocycles. The second-order valence-corrected chi connectivity index (χ2v) is 5.44. The van der Waals surface area contributed by atoms with E-state index in [0.29, 0.717) is 43.6 Å². The van der Waals surface area contributed by atoms with Gasteiger partial charge >= 0.3 is 0 Å². The normalized spacial score (nSPS) is 14.3. The number of benzene rings is 1. The van der Waals surface area contributed by atoms with Crippen molar-refractivity contribution in [2.24, 2.45) is 0 Å². The molecule has 1 aliphatic rings. The van der Waals surface area contributed by atoms with E-state index in [1.54, 1.807) is 25.0 Å². The standard InChI is InChI=1S/C17H20N4O3/c1-12-18-15(17(22)21-7-9-24-10-8-21)11-16(19-12)20-13-3-5-14(23-2)6-4-13/h3-6,11H,7-10H2,1-2H3,(H,18,19,20).